The van der Waals surface area contributed by atoms with E-state index in [9.17, 15) is 23.7 Å². The van der Waals surface area contributed by atoms with Gasteiger partial charge in [-0.2, -0.15) is 0 Å². The van der Waals surface area contributed by atoms with Gasteiger partial charge in [0.2, 0.25) is 18.6 Å². The maximum absolute atomic E-state index is 12.3. The van der Waals surface area contributed by atoms with Crippen molar-refractivity contribution in [1.29, 1.82) is 0 Å². The second-order valence-electron chi connectivity index (χ2n) is 12.4. The van der Waals surface area contributed by atoms with E-state index in [-0.39, 0.29) is 28.2 Å². The van der Waals surface area contributed by atoms with Crippen LogP contribution in [-0.4, -0.2) is 77.8 Å². The van der Waals surface area contributed by atoms with Crippen molar-refractivity contribution in [3.8, 4) is 17.2 Å². The fourth-order valence-electron chi connectivity index (χ4n) is 5.71. The first-order chi connectivity index (χ1) is 22.5. The highest BCUT2D eigenvalue weighted by molar-refractivity contribution is 8.01. The lowest BCUT2D eigenvalue weighted by atomic mass is 9.96. The predicted molar refractivity (Wildman–Crippen MR) is 187 cm³/mol. The molecule has 10 nitrogen and oxygen atoms in total. The first-order valence-corrected chi connectivity index (χ1v) is 19.3. The van der Waals surface area contributed by atoms with Crippen molar-refractivity contribution >= 4 is 52.4 Å². The summed E-state index contributed by atoms with van der Waals surface area (Å²) in [7, 11) is -0.743. The second-order valence-corrected chi connectivity index (χ2v) is 16.8. The van der Waals surface area contributed by atoms with E-state index in [0.29, 0.717) is 12.5 Å². The van der Waals surface area contributed by atoms with Crippen LogP contribution in [0.1, 0.15) is 71.8 Å². The van der Waals surface area contributed by atoms with Crippen LogP contribution in [-0.2, 0) is 31.6 Å². The van der Waals surface area contributed by atoms with Crippen molar-refractivity contribution in [3.05, 3.63) is 54.1 Å². The number of fused-ring (bicyclic) bond motifs is 2. The second kappa shape index (κ2) is 17.5. The number of carboxylic acid groups (broad SMARTS) is 1. The van der Waals surface area contributed by atoms with Gasteiger partial charge in [0.05, 0.1) is 12.0 Å². The molecular weight excluding hydrogens is 661 g/mol. The minimum Gasteiger partial charge on any atom is -0.480 e. The lowest BCUT2D eigenvalue weighted by Crippen LogP contribution is -2.70. The Labute approximate surface area is 288 Å². The molecule has 2 aromatic rings. The average molecular weight is 707 g/mol. The van der Waals surface area contributed by atoms with E-state index in [1.807, 2.05) is 36.4 Å². The van der Waals surface area contributed by atoms with E-state index in [2.05, 4.69) is 19.2 Å². The van der Waals surface area contributed by atoms with Crippen molar-refractivity contribution in [2.24, 2.45) is 0 Å². The van der Waals surface area contributed by atoms with Gasteiger partial charge in [-0.25, -0.2) is 4.79 Å². The van der Waals surface area contributed by atoms with Gasteiger partial charge in [0.15, 0.2) is 11.5 Å². The normalized spacial score (nSPS) is 21.5. The number of nitrogens with zero attached hydrogens (tertiary/aromatic N) is 1. The Morgan fingerprint density at radius 1 is 1.11 bits per heavy atom. The molecule has 47 heavy (non-hydrogen) atoms. The van der Waals surface area contributed by atoms with E-state index in [1.54, 1.807) is 26.0 Å². The first kappa shape index (κ1) is 36.9. The smallest absolute Gasteiger partial charge is 0.327 e. The molecular formula is C34H46N2O8S3. The number of carbonyl (C=O) groups excluding carboxylic acids is 2. The topological polar surface area (TPSA) is 131 Å². The Balaban J connectivity index is 0.000000215. The van der Waals surface area contributed by atoms with E-state index < -0.39 is 33.6 Å². The van der Waals surface area contributed by atoms with Gasteiger partial charge in [-0.15, -0.1) is 11.8 Å². The van der Waals surface area contributed by atoms with E-state index >= 15 is 0 Å². The summed E-state index contributed by atoms with van der Waals surface area (Å²) >= 11 is 2.38. The van der Waals surface area contributed by atoms with Gasteiger partial charge in [-0.05, 0) is 56.5 Å². The number of ether oxygens (including phenoxy) is 2. The third-order valence-corrected chi connectivity index (χ3v) is 12.2. The lowest BCUT2D eigenvalue weighted by Gasteiger charge is -2.43. The number of amides is 2. The number of hydrogen-bond acceptors (Lipinski definition) is 9. The van der Waals surface area contributed by atoms with E-state index in [1.165, 1.54) is 54.3 Å². The number of thioether (sulfide) groups is 1. The van der Waals surface area contributed by atoms with E-state index in [0.717, 1.165) is 42.1 Å². The average Bonchev–Trinajstić information content (AvgIpc) is 3.61. The highest BCUT2D eigenvalue weighted by Gasteiger charge is 2.64. The molecule has 13 heteroatoms. The molecule has 0 aliphatic carbocycles. The zero-order valence-electron chi connectivity index (χ0n) is 27.5. The molecule has 2 amide bonds. The Kier molecular flexibility index (Phi) is 13.7. The largest absolute Gasteiger partial charge is 0.480 e. The first-order valence-electron chi connectivity index (χ1n) is 16.1. The van der Waals surface area contributed by atoms with Crippen molar-refractivity contribution < 1.29 is 37.4 Å². The zero-order chi connectivity index (χ0) is 34.0. The molecule has 2 N–H and O–H groups in total. The molecule has 3 aliphatic heterocycles. The van der Waals surface area contributed by atoms with E-state index in [4.69, 9.17) is 13.7 Å². The number of unbranched alkanes of at least 4 members (excludes halogenated alkanes) is 5. The van der Waals surface area contributed by atoms with Crippen LogP contribution in [0, 0.1) is 0 Å². The quantitative estimate of drug-likeness (QED) is 0.125. The van der Waals surface area contributed by atoms with Crippen LogP contribution in [0.2, 0.25) is 0 Å². The molecule has 3 unspecified atom stereocenters. The minimum atomic E-state index is -1.02. The standard InChI is InChI=1S/C18H28O3S.C16H18N2O5S2/c1-3-4-5-6-7-8-11-22(19)15(2)12-16-9-10-17-18(13-16)21-14-20-17;1-16(2)12(15(21)22)18-13(20)11(14(18)25-16)17-10(19)8-24-23-9-6-4-3-5-7-9/h9-10,13,15H,3-8,11-12,14H2,1-2H3;3-7,11-12,14H,8H2,1-2H3,(H,17,19)(H,21,22)/t;11?,12-,14+/m.0/s1. The molecule has 3 aliphatic rings. The fraction of sp³-hybridized carbons (Fsp3) is 0.559. The van der Waals surface area contributed by atoms with Crippen molar-refractivity contribution in [3.63, 3.8) is 0 Å². The Morgan fingerprint density at radius 3 is 2.53 bits per heavy atom. The van der Waals surface area contributed by atoms with Gasteiger partial charge in [0.1, 0.15) is 29.0 Å². The highest BCUT2D eigenvalue weighted by Crippen LogP contribution is 2.50. The molecule has 0 aromatic heterocycles. The van der Waals surface area contributed by atoms with Crippen LogP contribution in [0.15, 0.2) is 48.5 Å². The number of benzene rings is 2. The van der Waals surface area contributed by atoms with Crippen molar-refractivity contribution in [2.45, 2.75) is 100 Å². The van der Waals surface area contributed by atoms with Crippen LogP contribution in [0.4, 0.5) is 0 Å². The molecule has 0 saturated carbocycles. The van der Waals surface area contributed by atoms with Crippen LogP contribution in [0.5, 0.6) is 17.2 Å². The summed E-state index contributed by atoms with van der Waals surface area (Å²) in [6.45, 7) is 8.21. The summed E-state index contributed by atoms with van der Waals surface area (Å²) in [5, 5.41) is 11.9. The molecule has 3 heterocycles. The third-order valence-electron chi connectivity index (χ3n) is 8.19. The Hall–Kier alpha value is -2.90. The van der Waals surface area contributed by atoms with Crippen LogP contribution in [0.3, 0.4) is 0 Å². The van der Waals surface area contributed by atoms with Gasteiger partial charge in [-0.3, -0.25) is 13.8 Å². The molecule has 0 bridgehead atoms. The van der Waals surface area contributed by atoms with Crippen molar-refractivity contribution in [1.82, 2.24) is 10.2 Å². The maximum Gasteiger partial charge on any atom is 0.327 e. The molecule has 0 spiro atoms. The Morgan fingerprint density at radius 2 is 1.81 bits per heavy atom. The zero-order valence-corrected chi connectivity index (χ0v) is 29.9. The number of hydrogen-bond donors (Lipinski definition) is 2. The molecule has 258 valence electrons. The molecule has 5 atom stereocenters. The SMILES string of the molecule is CC1(C)S[C@@H]2C(NC(=O)CSOc3ccccc3)C(=O)N2[C@H]1C(=O)O.CCCCCCCCS(=O)C(C)Cc1ccc2c(c1)OCO2. The predicted octanol–water partition coefficient (Wildman–Crippen LogP) is 5.80. The summed E-state index contributed by atoms with van der Waals surface area (Å²) in [6, 6.07) is 13.5. The number of carbonyl (C=O) groups is 3. The third kappa shape index (κ3) is 10.1. The van der Waals surface area contributed by atoms with Crippen LogP contribution in [0.25, 0.3) is 0 Å². The number of aliphatic carboxylic acids is 1. The van der Waals surface area contributed by atoms with Gasteiger partial charge < -0.3 is 29.0 Å². The van der Waals surface area contributed by atoms with Gasteiger partial charge in [0, 0.05) is 26.5 Å². The minimum absolute atomic E-state index is 0.0435. The van der Waals surface area contributed by atoms with Crippen molar-refractivity contribution in [2.75, 3.05) is 18.3 Å². The van der Waals surface area contributed by atoms with Gasteiger partial charge in [0.25, 0.3) is 0 Å². The van der Waals surface area contributed by atoms with Gasteiger partial charge in [-0.1, -0.05) is 70.2 Å². The summed E-state index contributed by atoms with van der Waals surface area (Å²) in [5.74, 6) is 1.44. The maximum atomic E-state index is 12.3. The highest BCUT2D eigenvalue weighted by atomic mass is 32.2. The summed E-state index contributed by atoms with van der Waals surface area (Å²) in [6.07, 6.45) is 8.32. The number of nitrogens with one attached hydrogen (secondary N) is 1. The summed E-state index contributed by atoms with van der Waals surface area (Å²) in [5.41, 5.74) is 1.17. The fourth-order valence-corrected chi connectivity index (χ4v) is 9.10. The summed E-state index contributed by atoms with van der Waals surface area (Å²) in [4.78, 5) is 37.1. The monoisotopic (exact) mass is 706 g/mol. The number of rotatable bonds is 16. The Bertz CT molecular complexity index is 1390. The number of para-hydroxylation sites is 1. The number of carboxylic acids is 1. The number of β-lactam (4-membered cyclic amide) rings is 1. The molecule has 5 rings (SSSR count). The molecule has 2 saturated heterocycles. The van der Waals surface area contributed by atoms with Gasteiger partial charge >= 0.3 is 5.97 Å². The molecule has 0 radical (unpaired) electrons. The summed E-state index contributed by atoms with van der Waals surface area (Å²) < 4.78 is 27.8. The van der Waals surface area contributed by atoms with Crippen LogP contribution < -0.4 is 19.0 Å². The lowest BCUT2D eigenvalue weighted by molar-refractivity contribution is -0.160. The molecule has 2 fully saturated rings. The molecule has 2 aromatic carbocycles. The van der Waals surface area contributed by atoms with Crippen LogP contribution >= 0.6 is 23.8 Å².